The molecule has 186 valence electrons. The largest absolute Gasteiger partial charge is 0.393 e. The van der Waals surface area contributed by atoms with E-state index in [-0.39, 0.29) is 6.10 Å². The van der Waals surface area contributed by atoms with Gasteiger partial charge in [0.25, 0.3) is 0 Å². The molecule has 0 radical (unpaired) electrons. The molecule has 1 unspecified atom stereocenters. The molecule has 0 spiro atoms. The molecule has 0 bridgehead atoms. The standard InChI is InChI=1S/C29H58O2/c1-3-4-5-6-7-8-9-10-11-14-17-20-23-26-29(31)27-24-21-18-15-12-13-16-19-22-25-28(2)30/h29,31H,3-27H2,1-2H3. The molecule has 1 N–H and O–H groups in total. The summed E-state index contributed by atoms with van der Waals surface area (Å²) in [5.41, 5.74) is 0. The van der Waals surface area contributed by atoms with Crippen LogP contribution in [0.2, 0.25) is 0 Å². The van der Waals surface area contributed by atoms with Crippen molar-refractivity contribution in [1.82, 2.24) is 0 Å². The van der Waals surface area contributed by atoms with Crippen LogP contribution in [0.4, 0.5) is 0 Å². The molecule has 0 rings (SSSR count). The van der Waals surface area contributed by atoms with Crippen LogP contribution >= 0.6 is 0 Å². The van der Waals surface area contributed by atoms with Crippen molar-refractivity contribution in [3.8, 4) is 0 Å². The Morgan fingerprint density at radius 1 is 0.516 bits per heavy atom. The fraction of sp³-hybridized carbons (Fsp3) is 0.966. The lowest BCUT2D eigenvalue weighted by atomic mass is 10.0. The summed E-state index contributed by atoms with van der Waals surface area (Å²) in [6.45, 7) is 3.98. The third-order valence-electron chi connectivity index (χ3n) is 6.71. The Bertz CT molecular complexity index is 353. The van der Waals surface area contributed by atoms with E-state index in [4.69, 9.17) is 0 Å². The predicted octanol–water partition coefficient (Wildman–Crippen LogP) is 9.71. The normalized spacial score (nSPS) is 12.4. The summed E-state index contributed by atoms with van der Waals surface area (Å²) in [4.78, 5) is 10.9. The Morgan fingerprint density at radius 2 is 0.806 bits per heavy atom. The molecule has 0 fully saturated rings. The highest BCUT2D eigenvalue weighted by molar-refractivity contribution is 5.75. The Hall–Kier alpha value is -0.370. The van der Waals surface area contributed by atoms with Crippen molar-refractivity contribution in [1.29, 1.82) is 0 Å². The number of aliphatic hydroxyl groups is 1. The molecule has 2 nitrogen and oxygen atoms in total. The van der Waals surface area contributed by atoms with Crippen molar-refractivity contribution in [2.45, 2.75) is 180 Å². The lowest BCUT2D eigenvalue weighted by molar-refractivity contribution is -0.117. The lowest BCUT2D eigenvalue weighted by Crippen LogP contribution is -2.05. The van der Waals surface area contributed by atoms with Gasteiger partial charge in [0.2, 0.25) is 0 Å². The van der Waals surface area contributed by atoms with Crippen LogP contribution < -0.4 is 0 Å². The lowest BCUT2D eigenvalue weighted by Gasteiger charge is -2.10. The summed E-state index contributed by atoms with van der Waals surface area (Å²) in [7, 11) is 0. The van der Waals surface area contributed by atoms with Crippen LogP contribution in [0.1, 0.15) is 174 Å². The highest BCUT2D eigenvalue weighted by Crippen LogP contribution is 2.16. The Balaban J connectivity index is 3.15. The van der Waals surface area contributed by atoms with Gasteiger partial charge in [-0.1, -0.05) is 142 Å². The number of unbranched alkanes of at least 4 members (excludes halogenated alkanes) is 20. The van der Waals surface area contributed by atoms with Gasteiger partial charge in [0.15, 0.2) is 0 Å². The second-order valence-corrected chi connectivity index (χ2v) is 10.1. The van der Waals surface area contributed by atoms with E-state index in [2.05, 4.69) is 6.92 Å². The monoisotopic (exact) mass is 438 g/mol. The maximum absolute atomic E-state index is 10.9. The van der Waals surface area contributed by atoms with Crippen LogP contribution in [0.5, 0.6) is 0 Å². The minimum absolute atomic E-state index is 0.0611. The van der Waals surface area contributed by atoms with Crippen LogP contribution in [0.25, 0.3) is 0 Å². The molecule has 0 aliphatic carbocycles. The average molecular weight is 439 g/mol. The van der Waals surface area contributed by atoms with Gasteiger partial charge >= 0.3 is 0 Å². The number of carbonyl (C=O) groups is 1. The molecule has 0 aromatic heterocycles. The van der Waals surface area contributed by atoms with E-state index in [1.165, 1.54) is 135 Å². The number of rotatable bonds is 26. The molecule has 0 heterocycles. The zero-order valence-corrected chi connectivity index (χ0v) is 21.6. The van der Waals surface area contributed by atoms with E-state index >= 15 is 0 Å². The fourth-order valence-corrected chi connectivity index (χ4v) is 4.53. The van der Waals surface area contributed by atoms with Gasteiger partial charge in [-0.2, -0.15) is 0 Å². The molecule has 2 heteroatoms. The topological polar surface area (TPSA) is 37.3 Å². The van der Waals surface area contributed by atoms with Crippen molar-refractivity contribution in [3.63, 3.8) is 0 Å². The number of Topliss-reactive ketones (excluding diaryl/α,β-unsaturated/α-hetero) is 1. The molecular formula is C29H58O2. The first kappa shape index (κ1) is 30.6. The van der Waals surface area contributed by atoms with Gasteiger partial charge in [0, 0.05) is 6.42 Å². The van der Waals surface area contributed by atoms with Crippen molar-refractivity contribution in [2.75, 3.05) is 0 Å². The highest BCUT2D eigenvalue weighted by atomic mass is 16.3. The predicted molar refractivity (Wildman–Crippen MR) is 138 cm³/mol. The number of aliphatic hydroxyl groups excluding tert-OH is 1. The first-order chi connectivity index (χ1) is 15.2. The van der Waals surface area contributed by atoms with E-state index in [1.807, 2.05) is 0 Å². The van der Waals surface area contributed by atoms with E-state index in [9.17, 15) is 9.90 Å². The molecule has 0 aliphatic rings. The third kappa shape index (κ3) is 27.6. The van der Waals surface area contributed by atoms with Crippen LogP contribution in [-0.4, -0.2) is 17.0 Å². The Labute approximate surface area is 196 Å². The number of hydrogen-bond donors (Lipinski definition) is 1. The average Bonchev–Trinajstić information content (AvgIpc) is 2.75. The maximum Gasteiger partial charge on any atom is 0.129 e. The first-order valence-electron chi connectivity index (χ1n) is 14.3. The summed E-state index contributed by atoms with van der Waals surface area (Å²) in [6, 6.07) is 0. The van der Waals surface area contributed by atoms with Gasteiger partial charge in [-0.05, 0) is 26.2 Å². The third-order valence-corrected chi connectivity index (χ3v) is 6.71. The summed E-state index contributed by atoms with van der Waals surface area (Å²) in [5, 5.41) is 10.2. The number of hydrogen-bond acceptors (Lipinski definition) is 2. The van der Waals surface area contributed by atoms with Crippen LogP contribution in [0, 0.1) is 0 Å². The van der Waals surface area contributed by atoms with Crippen molar-refractivity contribution in [3.05, 3.63) is 0 Å². The second-order valence-electron chi connectivity index (χ2n) is 10.1. The smallest absolute Gasteiger partial charge is 0.129 e. The fourth-order valence-electron chi connectivity index (χ4n) is 4.53. The molecule has 0 amide bonds. The summed E-state index contributed by atoms with van der Waals surface area (Å²) in [5.74, 6) is 0.330. The van der Waals surface area contributed by atoms with Crippen molar-refractivity contribution in [2.24, 2.45) is 0 Å². The molecule has 31 heavy (non-hydrogen) atoms. The molecule has 0 aromatic rings. The van der Waals surface area contributed by atoms with Crippen LogP contribution in [0.15, 0.2) is 0 Å². The first-order valence-corrected chi connectivity index (χ1v) is 14.3. The van der Waals surface area contributed by atoms with Gasteiger partial charge in [-0.15, -0.1) is 0 Å². The van der Waals surface area contributed by atoms with E-state index in [1.54, 1.807) is 6.92 Å². The minimum Gasteiger partial charge on any atom is -0.393 e. The number of carbonyl (C=O) groups excluding carboxylic acids is 1. The molecule has 1 atom stereocenters. The molecule has 0 saturated heterocycles. The van der Waals surface area contributed by atoms with Gasteiger partial charge in [0.05, 0.1) is 6.10 Å². The van der Waals surface area contributed by atoms with Crippen LogP contribution in [0.3, 0.4) is 0 Å². The van der Waals surface area contributed by atoms with E-state index in [0.29, 0.717) is 5.78 Å². The zero-order valence-electron chi connectivity index (χ0n) is 21.6. The molecular weight excluding hydrogens is 380 g/mol. The molecule has 0 aliphatic heterocycles. The second kappa shape index (κ2) is 25.9. The van der Waals surface area contributed by atoms with E-state index in [0.717, 1.165) is 25.7 Å². The Morgan fingerprint density at radius 3 is 1.13 bits per heavy atom. The highest BCUT2D eigenvalue weighted by Gasteiger charge is 2.04. The van der Waals surface area contributed by atoms with E-state index < -0.39 is 0 Å². The van der Waals surface area contributed by atoms with Gasteiger partial charge in [0.1, 0.15) is 5.78 Å². The van der Waals surface area contributed by atoms with Crippen LogP contribution in [-0.2, 0) is 4.79 Å². The molecule has 0 saturated carbocycles. The van der Waals surface area contributed by atoms with Gasteiger partial charge in [-0.25, -0.2) is 0 Å². The summed E-state index contributed by atoms with van der Waals surface area (Å²) in [6.07, 6.45) is 32.1. The van der Waals surface area contributed by atoms with Gasteiger partial charge < -0.3 is 9.90 Å². The Kier molecular flexibility index (Phi) is 25.6. The number of ketones is 1. The maximum atomic E-state index is 10.9. The van der Waals surface area contributed by atoms with Crippen molar-refractivity contribution < 1.29 is 9.90 Å². The molecule has 0 aromatic carbocycles. The zero-order chi connectivity index (χ0) is 22.8. The quantitative estimate of drug-likeness (QED) is 0.136. The van der Waals surface area contributed by atoms with Gasteiger partial charge in [-0.3, -0.25) is 0 Å². The summed E-state index contributed by atoms with van der Waals surface area (Å²) < 4.78 is 0. The summed E-state index contributed by atoms with van der Waals surface area (Å²) >= 11 is 0. The van der Waals surface area contributed by atoms with Crippen molar-refractivity contribution >= 4 is 5.78 Å². The SMILES string of the molecule is CCCCCCCCCCCCCCCC(O)CCCCCCCCCCCC(C)=O. The minimum atomic E-state index is -0.0611.